The van der Waals surface area contributed by atoms with Crippen LogP contribution in [-0.2, 0) is 11.2 Å². The van der Waals surface area contributed by atoms with Gasteiger partial charge in [0.05, 0.1) is 6.10 Å². The minimum Gasteiger partial charge on any atom is -0.376 e. The van der Waals surface area contributed by atoms with E-state index in [1.54, 1.807) is 12.4 Å². The van der Waals surface area contributed by atoms with Crippen molar-refractivity contribution in [1.29, 1.82) is 0 Å². The second-order valence-electron chi connectivity index (χ2n) is 6.69. The van der Waals surface area contributed by atoms with Gasteiger partial charge >= 0.3 is 6.03 Å². The van der Waals surface area contributed by atoms with Gasteiger partial charge in [-0.05, 0) is 42.5 Å². The van der Waals surface area contributed by atoms with Gasteiger partial charge in [-0.3, -0.25) is 4.98 Å². The molecule has 0 spiro atoms. The predicted octanol–water partition coefficient (Wildman–Crippen LogP) is 3.53. The summed E-state index contributed by atoms with van der Waals surface area (Å²) in [7, 11) is 0. The number of nitrogens with zero attached hydrogens (tertiary/aromatic N) is 2. The van der Waals surface area contributed by atoms with E-state index in [-0.39, 0.29) is 12.1 Å². The Hall–Kier alpha value is -2.66. The molecule has 2 amide bonds. The van der Waals surface area contributed by atoms with Crippen molar-refractivity contribution in [3.63, 3.8) is 0 Å². The molecule has 2 heterocycles. The van der Waals surface area contributed by atoms with Crippen LogP contribution in [0.1, 0.15) is 24.0 Å². The standard InChI is InChI=1S/C22H27N3O2/c26-22(24-15-12-20-10-13-23-14-11-20)25(18-21-9-5-17-27-21)16-4-8-19-6-2-1-3-7-19/h1-4,6-8,10-11,13-14,21H,5,9,12,15-18H2,(H,24,26). The minimum absolute atomic E-state index is 0.0442. The van der Waals surface area contributed by atoms with Crippen LogP contribution >= 0.6 is 0 Å². The largest absolute Gasteiger partial charge is 0.376 e. The lowest BCUT2D eigenvalue weighted by Crippen LogP contribution is -2.44. The van der Waals surface area contributed by atoms with Gasteiger partial charge in [0.1, 0.15) is 0 Å². The first-order valence-electron chi connectivity index (χ1n) is 9.56. The van der Waals surface area contributed by atoms with Crippen molar-refractivity contribution < 1.29 is 9.53 Å². The van der Waals surface area contributed by atoms with Gasteiger partial charge in [0.25, 0.3) is 0 Å². The number of hydrogen-bond acceptors (Lipinski definition) is 3. The smallest absolute Gasteiger partial charge is 0.317 e. The Labute approximate surface area is 161 Å². The first-order chi connectivity index (χ1) is 13.3. The van der Waals surface area contributed by atoms with Gasteiger partial charge in [-0.1, -0.05) is 42.5 Å². The number of amides is 2. The molecule has 5 nitrogen and oxygen atoms in total. The fourth-order valence-corrected chi connectivity index (χ4v) is 3.13. The highest BCUT2D eigenvalue weighted by Crippen LogP contribution is 2.14. The molecule has 1 atom stereocenters. The number of pyridine rings is 1. The molecular formula is C22H27N3O2. The van der Waals surface area contributed by atoms with E-state index in [4.69, 9.17) is 4.74 Å². The molecule has 1 aliphatic heterocycles. The average molecular weight is 365 g/mol. The molecule has 142 valence electrons. The van der Waals surface area contributed by atoms with Crippen molar-refractivity contribution in [1.82, 2.24) is 15.2 Å². The van der Waals surface area contributed by atoms with Crippen molar-refractivity contribution in [2.45, 2.75) is 25.4 Å². The van der Waals surface area contributed by atoms with E-state index in [1.807, 2.05) is 47.4 Å². The van der Waals surface area contributed by atoms with Crippen LogP contribution in [0, 0.1) is 0 Å². The van der Waals surface area contributed by atoms with Crippen LogP contribution in [0.4, 0.5) is 4.79 Å². The molecule has 0 aliphatic carbocycles. The molecule has 5 heteroatoms. The lowest BCUT2D eigenvalue weighted by atomic mass is 10.2. The summed E-state index contributed by atoms with van der Waals surface area (Å²) in [6.07, 6.45) is 10.7. The van der Waals surface area contributed by atoms with E-state index in [0.717, 1.165) is 31.4 Å². The number of benzene rings is 1. The maximum atomic E-state index is 12.7. The highest BCUT2D eigenvalue weighted by molar-refractivity contribution is 5.74. The lowest BCUT2D eigenvalue weighted by Gasteiger charge is -2.24. The molecule has 1 saturated heterocycles. The van der Waals surface area contributed by atoms with E-state index >= 15 is 0 Å². The minimum atomic E-state index is -0.0442. The average Bonchev–Trinajstić information content (AvgIpc) is 3.22. The zero-order valence-electron chi connectivity index (χ0n) is 15.6. The normalized spacial score (nSPS) is 16.5. The van der Waals surface area contributed by atoms with Gasteiger partial charge < -0.3 is 15.0 Å². The second-order valence-corrected chi connectivity index (χ2v) is 6.69. The van der Waals surface area contributed by atoms with Crippen LogP contribution in [0.2, 0.25) is 0 Å². The Bertz CT molecular complexity index is 713. The number of ether oxygens (including phenoxy) is 1. The number of aromatic nitrogens is 1. The molecule has 27 heavy (non-hydrogen) atoms. The number of carbonyl (C=O) groups excluding carboxylic acids is 1. The van der Waals surface area contributed by atoms with E-state index in [1.165, 1.54) is 5.56 Å². The molecule has 0 radical (unpaired) electrons. The summed E-state index contributed by atoms with van der Waals surface area (Å²) < 4.78 is 5.72. The van der Waals surface area contributed by atoms with Crippen LogP contribution < -0.4 is 5.32 Å². The predicted molar refractivity (Wildman–Crippen MR) is 107 cm³/mol. The molecule has 1 unspecified atom stereocenters. The molecule has 0 bridgehead atoms. The van der Waals surface area contributed by atoms with Crippen LogP contribution in [0.3, 0.4) is 0 Å². The maximum Gasteiger partial charge on any atom is 0.317 e. The van der Waals surface area contributed by atoms with E-state index in [0.29, 0.717) is 19.6 Å². The number of hydrogen-bond donors (Lipinski definition) is 1. The first-order valence-corrected chi connectivity index (χ1v) is 9.56. The molecule has 1 N–H and O–H groups in total. The number of nitrogens with one attached hydrogen (secondary N) is 1. The van der Waals surface area contributed by atoms with Gasteiger partial charge in [0, 0.05) is 38.6 Å². The van der Waals surface area contributed by atoms with Crippen LogP contribution in [0.15, 0.2) is 60.9 Å². The zero-order valence-corrected chi connectivity index (χ0v) is 15.6. The summed E-state index contributed by atoms with van der Waals surface area (Å²) in [6, 6.07) is 14.0. The molecule has 1 fully saturated rings. The monoisotopic (exact) mass is 365 g/mol. The Balaban J connectivity index is 1.53. The van der Waals surface area contributed by atoms with Crippen LogP contribution in [0.5, 0.6) is 0 Å². The maximum absolute atomic E-state index is 12.7. The summed E-state index contributed by atoms with van der Waals surface area (Å²) in [5, 5.41) is 3.03. The first kappa shape index (κ1) is 19.1. The third-order valence-electron chi connectivity index (χ3n) is 4.61. The molecule has 0 saturated carbocycles. The lowest BCUT2D eigenvalue weighted by molar-refractivity contribution is 0.0842. The number of urea groups is 1. The molecule has 3 rings (SSSR count). The molecule has 1 aromatic heterocycles. The Morgan fingerprint density at radius 2 is 2.04 bits per heavy atom. The van der Waals surface area contributed by atoms with Gasteiger partial charge in [-0.2, -0.15) is 0 Å². The summed E-state index contributed by atoms with van der Waals surface area (Å²) in [5.74, 6) is 0. The fraction of sp³-hybridized carbons (Fsp3) is 0.364. The van der Waals surface area contributed by atoms with Gasteiger partial charge in [-0.15, -0.1) is 0 Å². The van der Waals surface area contributed by atoms with Crippen molar-refractivity contribution in [2.24, 2.45) is 0 Å². The molecule has 1 aliphatic rings. The van der Waals surface area contributed by atoms with E-state index in [9.17, 15) is 4.79 Å². The fourth-order valence-electron chi connectivity index (χ4n) is 3.13. The quantitative estimate of drug-likeness (QED) is 0.779. The summed E-state index contributed by atoms with van der Waals surface area (Å²) >= 11 is 0. The SMILES string of the molecule is O=C(NCCc1ccncc1)N(CC=Cc1ccccc1)CC1CCCO1. The summed E-state index contributed by atoms with van der Waals surface area (Å²) in [5.41, 5.74) is 2.30. The number of rotatable bonds is 8. The topological polar surface area (TPSA) is 54.5 Å². The van der Waals surface area contributed by atoms with Gasteiger partial charge in [0.15, 0.2) is 0 Å². The Morgan fingerprint density at radius 1 is 1.22 bits per heavy atom. The van der Waals surface area contributed by atoms with Crippen LogP contribution in [0.25, 0.3) is 6.08 Å². The number of carbonyl (C=O) groups is 1. The second kappa shape index (κ2) is 10.5. The summed E-state index contributed by atoms with van der Waals surface area (Å²) in [6.45, 7) is 2.59. The van der Waals surface area contributed by atoms with Crippen molar-refractivity contribution in [3.8, 4) is 0 Å². The van der Waals surface area contributed by atoms with E-state index < -0.39 is 0 Å². The zero-order chi connectivity index (χ0) is 18.7. The summed E-state index contributed by atoms with van der Waals surface area (Å²) in [4.78, 5) is 18.5. The molecular weight excluding hydrogens is 338 g/mol. The van der Waals surface area contributed by atoms with Gasteiger partial charge in [-0.25, -0.2) is 4.79 Å². The van der Waals surface area contributed by atoms with Crippen molar-refractivity contribution in [2.75, 3.05) is 26.2 Å². The highest BCUT2D eigenvalue weighted by Gasteiger charge is 2.21. The molecule has 1 aromatic carbocycles. The molecule has 2 aromatic rings. The van der Waals surface area contributed by atoms with Gasteiger partial charge in [0.2, 0.25) is 0 Å². The third kappa shape index (κ3) is 6.53. The third-order valence-corrected chi connectivity index (χ3v) is 4.61. The Morgan fingerprint density at radius 3 is 2.78 bits per heavy atom. The van der Waals surface area contributed by atoms with Crippen LogP contribution in [-0.4, -0.2) is 48.3 Å². The van der Waals surface area contributed by atoms with Crippen molar-refractivity contribution in [3.05, 3.63) is 72.1 Å². The Kier molecular flexibility index (Phi) is 7.42. The van der Waals surface area contributed by atoms with E-state index in [2.05, 4.69) is 22.4 Å². The van der Waals surface area contributed by atoms with Crippen molar-refractivity contribution >= 4 is 12.1 Å². The highest BCUT2D eigenvalue weighted by atomic mass is 16.5.